The molecule has 80 valence electrons. The van der Waals surface area contributed by atoms with Crippen LogP contribution in [0.3, 0.4) is 0 Å². The fourth-order valence-corrected chi connectivity index (χ4v) is 1.15. The second-order valence-corrected chi connectivity index (χ2v) is 3.27. The van der Waals surface area contributed by atoms with Crippen molar-refractivity contribution in [1.82, 2.24) is 5.48 Å². The van der Waals surface area contributed by atoms with Gasteiger partial charge in [-0.25, -0.2) is 5.48 Å². The van der Waals surface area contributed by atoms with Gasteiger partial charge in [0.05, 0.1) is 16.3 Å². The Morgan fingerprint density at radius 3 is 2.87 bits per heavy atom. The van der Waals surface area contributed by atoms with Gasteiger partial charge in [-0.2, -0.15) is 5.10 Å². The second-order valence-electron chi connectivity index (χ2n) is 2.48. The highest BCUT2D eigenvalue weighted by Crippen LogP contribution is 2.24. The highest BCUT2D eigenvalue weighted by atomic mass is 35.5. The molecule has 0 fully saturated rings. The van der Waals surface area contributed by atoms with Gasteiger partial charge in [0, 0.05) is 5.56 Å². The van der Waals surface area contributed by atoms with Gasteiger partial charge in [-0.3, -0.25) is 5.21 Å². The standard InChI is InChI=1S/C8H8Cl2N4O/c9-6-3-1-2-5(7(6)10)4-12-13-8(11)14-15/h1-4,15H,(H3,11,13,14)/b12-4+. The summed E-state index contributed by atoms with van der Waals surface area (Å²) in [6.45, 7) is 0. The Morgan fingerprint density at radius 1 is 1.47 bits per heavy atom. The molecule has 0 aliphatic carbocycles. The van der Waals surface area contributed by atoms with E-state index in [-0.39, 0.29) is 5.96 Å². The SMILES string of the molecule is NC(=N/N=C/c1cccc(Cl)c1Cl)NO. The molecular formula is C8H8Cl2N4O. The van der Waals surface area contributed by atoms with Crippen LogP contribution in [-0.2, 0) is 0 Å². The zero-order valence-electron chi connectivity index (χ0n) is 7.48. The van der Waals surface area contributed by atoms with Gasteiger partial charge < -0.3 is 5.73 Å². The lowest BCUT2D eigenvalue weighted by Crippen LogP contribution is -2.27. The van der Waals surface area contributed by atoms with E-state index in [0.717, 1.165) is 0 Å². The van der Waals surface area contributed by atoms with Gasteiger partial charge in [0.2, 0.25) is 5.96 Å². The molecular weight excluding hydrogens is 239 g/mol. The van der Waals surface area contributed by atoms with Gasteiger partial charge in [-0.15, -0.1) is 5.10 Å². The predicted molar refractivity (Wildman–Crippen MR) is 60.6 cm³/mol. The summed E-state index contributed by atoms with van der Waals surface area (Å²) in [4.78, 5) is 0. The van der Waals surface area contributed by atoms with E-state index in [1.54, 1.807) is 23.7 Å². The first-order valence-electron chi connectivity index (χ1n) is 3.85. The highest BCUT2D eigenvalue weighted by Gasteiger charge is 2.00. The maximum atomic E-state index is 8.30. The van der Waals surface area contributed by atoms with Crippen LogP contribution in [0.4, 0.5) is 0 Å². The van der Waals surface area contributed by atoms with Crippen LogP contribution in [0.5, 0.6) is 0 Å². The first-order chi connectivity index (χ1) is 7.15. The van der Waals surface area contributed by atoms with Crippen molar-refractivity contribution in [2.24, 2.45) is 15.9 Å². The van der Waals surface area contributed by atoms with Crippen LogP contribution in [-0.4, -0.2) is 17.4 Å². The van der Waals surface area contributed by atoms with Crippen molar-refractivity contribution in [3.05, 3.63) is 33.8 Å². The first kappa shape index (κ1) is 11.8. The molecule has 4 N–H and O–H groups in total. The molecule has 0 saturated carbocycles. The van der Waals surface area contributed by atoms with Crippen LogP contribution in [0, 0.1) is 0 Å². The van der Waals surface area contributed by atoms with Gasteiger partial charge in [0.15, 0.2) is 0 Å². The van der Waals surface area contributed by atoms with Crippen LogP contribution in [0.1, 0.15) is 5.56 Å². The molecule has 1 aromatic carbocycles. The summed E-state index contributed by atoms with van der Waals surface area (Å²) in [5.41, 5.74) is 7.36. The number of nitrogens with zero attached hydrogens (tertiary/aromatic N) is 2. The van der Waals surface area contributed by atoms with Gasteiger partial charge in [0.25, 0.3) is 0 Å². The number of hydrogen-bond acceptors (Lipinski definition) is 3. The van der Waals surface area contributed by atoms with E-state index >= 15 is 0 Å². The van der Waals surface area contributed by atoms with Gasteiger partial charge in [-0.1, -0.05) is 35.3 Å². The largest absolute Gasteiger partial charge is 0.367 e. The van der Waals surface area contributed by atoms with E-state index in [0.29, 0.717) is 15.6 Å². The number of benzene rings is 1. The minimum Gasteiger partial charge on any atom is -0.367 e. The monoisotopic (exact) mass is 246 g/mol. The van der Waals surface area contributed by atoms with Crippen LogP contribution >= 0.6 is 23.2 Å². The summed E-state index contributed by atoms with van der Waals surface area (Å²) < 4.78 is 0. The van der Waals surface area contributed by atoms with E-state index in [9.17, 15) is 0 Å². The Balaban J connectivity index is 2.86. The summed E-state index contributed by atoms with van der Waals surface area (Å²) in [6, 6.07) is 5.11. The summed E-state index contributed by atoms with van der Waals surface area (Å²) in [6.07, 6.45) is 1.37. The van der Waals surface area contributed by atoms with Crippen molar-refractivity contribution in [2.45, 2.75) is 0 Å². The van der Waals surface area contributed by atoms with Crippen molar-refractivity contribution < 1.29 is 5.21 Å². The van der Waals surface area contributed by atoms with Crippen molar-refractivity contribution in [2.75, 3.05) is 0 Å². The summed E-state index contributed by atoms with van der Waals surface area (Å²) in [5.74, 6) is -0.218. The number of hydrogen-bond donors (Lipinski definition) is 3. The molecule has 15 heavy (non-hydrogen) atoms. The third-order valence-electron chi connectivity index (χ3n) is 1.46. The van der Waals surface area contributed by atoms with Gasteiger partial charge >= 0.3 is 0 Å². The molecule has 0 unspecified atom stereocenters. The number of hydroxylamine groups is 1. The summed E-state index contributed by atoms with van der Waals surface area (Å²) in [7, 11) is 0. The average molecular weight is 247 g/mol. The molecule has 0 radical (unpaired) electrons. The molecule has 0 heterocycles. The molecule has 7 heteroatoms. The van der Waals surface area contributed by atoms with Crippen LogP contribution < -0.4 is 11.2 Å². The lowest BCUT2D eigenvalue weighted by atomic mass is 10.2. The van der Waals surface area contributed by atoms with Crippen LogP contribution in [0.25, 0.3) is 0 Å². The molecule has 1 rings (SSSR count). The molecule has 0 aromatic heterocycles. The van der Waals surface area contributed by atoms with Crippen molar-refractivity contribution >= 4 is 35.4 Å². The van der Waals surface area contributed by atoms with Gasteiger partial charge in [-0.05, 0) is 6.07 Å². The highest BCUT2D eigenvalue weighted by molar-refractivity contribution is 6.43. The molecule has 5 nitrogen and oxygen atoms in total. The number of nitrogens with two attached hydrogens (primary N) is 1. The maximum absolute atomic E-state index is 8.30. The van der Waals surface area contributed by atoms with Crippen LogP contribution in [0.2, 0.25) is 10.0 Å². The smallest absolute Gasteiger partial charge is 0.237 e. The lowest BCUT2D eigenvalue weighted by Gasteiger charge is -1.98. The van der Waals surface area contributed by atoms with E-state index in [1.807, 2.05) is 0 Å². The quantitative estimate of drug-likeness (QED) is 0.422. The minimum atomic E-state index is -0.218. The van der Waals surface area contributed by atoms with E-state index in [1.165, 1.54) is 6.21 Å². The van der Waals surface area contributed by atoms with Crippen molar-refractivity contribution in [3.8, 4) is 0 Å². The number of rotatable bonds is 2. The first-order valence-corrected chi connectivity index (χ1v) is 4.61. The van der Waals surface area contributed by atoms with Crippen molar-refractivity contribution in [3.63, 3.8) is 0 Å². The fraction of sp³-hybridized carbons (Fsp3) is 0. The van der Waals surface area contributed by atoms with Crippen LogP contribution in [0.15, 0.2) is 28.4 Å². The summed E-state index contributed by atoms with van der Waals surface area (Å²) >= 11 is 11.7. The Bertz CT molecular complexity index is 406. The summed E-state index contributed by atoms with van der Waals surface area (Å²) in [5, 5.41) is 16.1. The number of halogens is 2. The zero-order chi connectivity index (χ0) is 11.3. The Hall–Kier alpha value is -1.30. The number of guanidine groups is 1. The predicted octanol–water partition coefficient (Wildman–Crippen LogP) is 1.62. The molecule has 0 aliphatic rings. The molecule has 1 aromatic rings. The molecule has 0 spiro atoms. The average Bonchev–Trinajstić information content (AvgIpc) is 2.24. The molecule has 0 saturated heterocycles. The van der Waals surface area contributed by atoms with E-state index in [4.69, 9.17) is 34.1 Å². The molecule has 0 amide bonds. The van der Waals surface area contributed by atoms with Crippen molar-refractivity contribution in [1.29, 1.82) is 0 Å². The third kappa shape index (κ3) is 3.39. The molecule has 0 bridgehead atoms. The van der Waals surface area contributed by atoms with Gasteiger partial charge in [0.1, 0.15) is 0 Å². The Kier molecular flexibility index (Phi) is 4.36. The molecule has 0 aliphatic heterocycles. The Morgan fingerprint density at radius 2 is 2.20 bits per heavy atom. The maximum Gasteiger partial charge on any atom is 0.237 e. The topological polar surface area (TPSA) is 83.0 Å². The minimum absolute atomic E-state index is 0.218. The Labute approximate surface area is 96.2 Å². The number of nitrogens with one attached hydrogen (secondary N) is 1. The normalized spacial score (nSPS) is 12.1. The third-order valence-corrected chi connectivity index (χ3v) is 2.29. The zero-order valence-corrected chi connectivity index (χ0v) is 9.00. The molecule has 0 atom stereocenters. The fourth-order valence-electron chi connectivity index (χ4n) is 0.796. The van der Waals surface area contributed by atoms with E-state index in [2.05, 4.69) is 10.2 Å². The van der Waals surface area contributed by atoms with E-state index < -0.39 is 0 Å². The second kappa shape index (κ2) is 5.55. The lowest BCUT2D eigenvalue weighted by molar-refractivity contribution is 0.232.